The van der Waals surface area contributed by atoms with Gasteiger partial charge in [-0.05, 0) is 12.1 Å². The Morgan fingerprint density at radius 3 is 2.59 bits per heavy atom. The van der Waals surface area contributed by atoms with Gasteiger partial charge in [0.2, 0.25) is 5.91 Å². The third-order valence-electron chi connectivity index (χ3n) is 2.23. The van der Waals surface area contributed by atoms with Crippen molar-refractivity contribution >= 4 is 5.91 Å². The second-order valence-corrected chi connectivity index (χ2v) is 3.37. The molecule has 1 atom stereocenters. The summed E-state index contributed by atoms with van der Waals surface area (Å²) in [5.41, 5.74) is 0.603. The molecule has 1 unspecified atom stereocenters. The number of ether oxygens (including phenoxy) is 2. The lowest BCUT2D eigenvalue weighted by Crippen LogP contribution is -2.25. The van der Waals surface area contributed by atoms with Crippen molar-refractivity contribution in [2.45, 2.75) is 13.0 Å². The van der Waals surface area contributed by atoms with Crippen molar-refractivity contribution in [3.8, 4) is 17.6 Å². The van der Waals surface area contributed by atoms with Gasteiger partial charge in [-0.2, -0.15) is 5.26 Å². The van der Waals surface area contributed by atoms with E-state index in [0.717, 1.165) is 0 Å². The topological polar surface area (TPSA) is 71.3 Å². The van der Waals surface area contributed by atoms with Crippen molar-refractivity contribution in [3.05, 3.63) is 23.8 Å². The number of methoxy groups -OCH3 is 2. The molecule has 1 aromatic rings. The maximum Gasteiger partial charge on any atom is 0.218 e. The normalized spacial score (nSPS) is 11.2. The fraction of sp³-hybridized carbons (Fsp3) is 0.333. The molecule has 0 saturated heterocycles. The summed E-state index contributed by atoms with van der Waals surface area (Å²) in [6.07, 6.45) is 0. The molecular formula is C12H14N2O3. The number of amides is 1. The maximum absolute atomic E-state index is 11.0. The third-order valence-corrected chi connectivity index (χ3v) is 2.23. The van der Waals surface area contributed by atoms with E-state index in [9.17, 15) is 4.79 Å². The SMILES string of the molecule is COc1ccc(C(C#N)NC(C)=O)c(OC)c1. The number of nitrogens with one attached hydrogen (secondary N) is 1. The lowest BCUT2D eigenvalue weighted by atomic mass is 10.1. The number of hydrogen-bond donors (Lipinski definition) is 1. The summed E-state index contributed by atoms with van der Waals surface area (Å²) in [6.45, 7) is 1.36. The molecule has 17 heavy (non-hydrogen) atoms. The summed E-state index contributed by atoms with van der Waals surface area (Å²) in [5, 5.41) is 11.6. The van der Waals surface area contributed by atoms with E-state index in [2.05, 4.69) is 5.32 Å². The monoisotopic (exact) mass is 234 g/mol. The summed E-state index contributed by atoms with van der Waals surface area (Å²) in [4.78, 5) is 11.0. The number of carbonyl (C=O) groups excluding carboxylic acids is 1. The first-order valence-corrected chi connectivity index (χ1v) is 5.01. The molecule has 0 radical (unpaired) electrons. The predicted octanol–water partition coefficient (Wildman–Crippen LogP) is 1.40. The number of hydrogen-bond acceptors (Lipinski definition) is 4. The minimum absolute atomic E-state index is 0.269. The van der Waals surface area contributed by atoms with Gasteiger partial charge in [-0.1, -0.05) is 0 Å². The Balaban J connectivity index is 3.11. The first-order valence-electron chi connectivity index (χ1n) is 5.01. The van der Waals surface area contributed by atoms with Crippen LogP contribution in [0, 0.1) is 11.3 Å². The molecular weight excluding hydrogens is 220 g/mol. The second-order valence-electron chi connectivity index (χ2n) is 3.37. The van der Waals surface area contributed by atoms with Gasteiger partial charge in [0.05, 0.1) is 20.3 Å². The fourth-order valence-electron chi connectivity index (χ4n) is 1.44. The molecule has 0 aromatic heterocycles. The van der Waals surface area contributed by atoms with Crippen LogP contribution in [0.4, 0.5) is 0 Å². The highest BCUT2D eigenvalue weighted by atomic mass is 16.5. The Kier molecular flexibility index (Phi) is 4.35. The van der Waals surface area contributed by atoms with E-state index in [1.165, 1.54) is 14.0 Å². The van der Waals surface area contributed by atoms with Gasteiger partial charge in [-0.15, -0.1) is 0 Å². The van der Waals surface area contributed by atoms with E-state index in [-0.39, 0.29) is 5.91 Å². The molecule has 1 aromatic carbocycles. The van der Waals surface area contributed by atoms with Gasteiger partial charge in [0.15, 0.2) is 0 Å². The molecule has 0 heterocycles. The minimum Gasteiger partial charge on any atom is -0.497 e. The highest BCUT2D eigenvalue weighted by molar-refractivity contribution is 5.74. The van der Waals surface area contributed by atoms with Gasteiger partial charge in [0.1, 0.15) is 17.5 Å². The Hall–Kier alpha value is -2.22. The van der Waals surface area contributed by atoms with Crippen LogP contribution >= 0.6 is 0 Å². The maximum atomic E-state index is 11.0. The molecule has 0 aliphatic rings. The van der Waals surface area contributed by atoms with Crippen molar-refractivity contribution < 1.29 is 14.3 Å². The molecule has 0 fully saturated rings. The fourth-order valence-corrected chi connectivity index (χ4v) is 1.44. The van der Waals surface area contributed by atoms with Crippen LogP contribution in [0.2, 0.25) is 0 Å². The largest absolute Gasteiger partial charge is 0.497 e. The molecule has 0 aliphatic heterocycles. The van der Waals surface area contributed by atoms with Crippen LogP contribution in [-0.2, 0) is 4.79 Å². The molecule has 90 valence electrons. The van der Waals surface area contributed by atoms with Crippen molar-refractivity contribution in [3.63, 3.8) is 0 Å². The molecule has 5 nitrogen and oxygen atoms in total. The van der Waals surface area contributed by atoms with E-state index in [4.69, 9.17) is 14.7 Å². The highest BCUT2D eigenvalue weighted by Crippen LogP contribution is 2.29. The van der Waals surface area contributed by atoms with Gasteiger partial charge in [-0.25, -0.2) is 0 Å². The molecule has 1 amide bonds. The van der Waals surface area contributed by atoms with Crippen LogP contribution in [0.15, 0.2) is 18.2 Å². The van der Waals surface area contributed by atoms with E-state index in [1.54, 1.807) is 25.3 Å². The average Bonchev–Trinajstić information content (AvgIpc) is 2.35. The van der Waals surface area contributed by atoms with Gasteiger partial charge >= 0.3 is 0 Å². The van der Waals surface area contributed by atoms with Gasteiger partial charge < -0.3 is 14.8 Å². The smallest absolute Gasteiger partial charge is 0.218 e. The van der Waals surface area contributed by atoms with Gasteiger partial charge in [0, 0.05) is 18.6 Å². The Bertz CT molecular complexity index is 452. The molecule has 1 rings (SSSR count). The van der Waals surface area contributed by atoms with Crippen LogP contribution in [0.3, 0.4) is 0 Å². The van der Waals surface area contributed by atoms with Crippen molar-refractivity contribution in [1.29, 1.82) is 5.26 Å². The lowest BCUT2D eigenvalue weighted by molar-refractivity contribution is -0.119. The van der Waals surface area contributed by atoms with E-state index in [0.29, 0.717) is 17.1 Å². The molecule has 0 saturated carbocycles. The van der Waals surface area contributed by atoms with E-state index >= 15 is 0 Å². The zero-order valence-corrected chi connectivity index (χ0v) is 9.98. The Morgan fingerprint density at radius 1 is 1.41 bits per heavy atom. The molecule has 5 heteroatoms. The Labute approximate surface area is 100.0 Å². The molecule has 0 bridgehead atoms. The number of carbonyl (C=O) groups is 1. The second kappa shape index (κ2) is 5.75. The highest BCUT2D eigenvalue weighted by Gasteiger charge is 2.16. The summed E-state index contributed by atoms with van der Waals surface area (Å²) < 4.78 is 10.2. The first kappa shape index (κ1) is 12.8. The molecule has 0 aliphatic carbocycles. The first-order chi connectivity index (χ1) is 8.12. The third kappa shape index (κ3) is 3.11. The van der Waals surface area contributed by atoms with E-state index in [1.807, 2.05) is 6.07 Å². The Morgan fingerprint density at radius 2 is 2.12 bits per heavy atom. The van der Waals surface area contributed by atoms with Crippen LogP contribution < -0.4 is 14.8 Å². The standard InChI is InChI=1S/C12H14N2O3/c1-8(15)14-11(7-13)10-5-4-9(16-2)6-12(10)17-3/h4-6,11H,1-3H3,(H,14,15). The van der Waals surface area contributed by atoms with Crippen LogP contribution in [0.5, 0.6) is 11.5 Å². The number of rotatable bonds is 4. The predicted molar refractivity (Wildman–Crippen MR) is 61.7 cm³/mol. The quantitative estimate of drug-likeness (QED) is 0.854. The van der Waals surface area contributed by atoms with Crippen LogP contribution in [-0.4, -0.2) is 20.1 Å². The van der Waals surface area contributed by atoms with Gasteiger partial charge in [-0.3, -0.25) is 4.79 Å². The number of nitriles is 1. The summed E-state index contributed by atoms with van der Waals surface area (Å²) in [7, 11) is 3.05. The van der Waals surface area contributed by atoms with Crippen LogP contribution in [0.25, 0.3) is 0 Å². The summed E-state index contributed by atoms with van der Waals surface area (Å²) >= 11 is 0. The summed E-state index contributed by atoms with van der Waals surface area (Å²) in [6, 6.07) is 6.36. The average molecular weight is 234 g/mol. The lowest BCUT2D eigenvalue weighted by Gasteiger charge is -2.15. The van der Waals surface area contributed by atoms with E-state index < -0.39 is 6.04 Å². The zero-order valence-electron chi connectivity index (χ0n) is 9.98. The van der Waals surface area contributed by atoms with Crippen molar-refractivity contribution in [2.24, 2.45) is 0 Å². The minimum atomic E-state index is -0.728. The molecule has 0 spiro atoms. The summed E-state index contributed by atoms with van der Waals surface area (Å²) in [5.74, 6) is 0.865. The van der Waals surface area contributed by atoms with Crippen molar-refractivity contribution in [1.82, 2.24) is 5.32 Å². The molecule has 1 N–H and O–H groups in total. The zero-order chi connectivity index (χ0) is 12.8. The van der Waals surface area contributed by atoms with Gasteiger partial charge in [0.25, 0.3) is 0 Å². The number of benzene rings is 1. The van der Waals surface area contributed by atoms with Crippen LogP contribution in [0.1, 0.15) is 18.5 Å². The number of nitrogens with zero attached hydrogens (tertiary/aromatic N) is 1. The van der Waals surface area contributed by atoms with Crippen molar-refractivity contribution in [2.75, 3.05) is 14.2 Å².